The van der Waals surface area contributed by atoms with Crippen molar-refractivity contribution < 1.29 is 32.2 Å². The normalized spacial score (nSPS) is 21.7. The first-order valence-corrected chi connectivity index (χ1v) is 7.71. The van der Waals surface area contributed by atoms with E-state index in [4.69, 9.17) is 9.47 Å². The average Bonchev–Trinajstić information content (AvgIpc) is 2.92. The predicted octanol–water partition coefficient (Wildman–Crippen LogP) is 1.70. The fourth-order valence-corrected chi connectivity index (χ4v) is 3.01. The Kier molecular flexibility index (Phi) is 4.59. The lowest BCUT2D eigenvalue weighted by Crippen LogP contribution is -2.59. The van der Waals surface area contributed by atoms with Crippen LogP contribution >= 0.6 is 0 Å². The fraction of sp³-hybridized carbons (Fsp3) is 0.500. The molecule has 1 N–H and O–H groups in total. The van der Waals surface area contributed by atoms with Crippen molar-refractivity contribution in [2.75, 3.05) is 26.3 Å². The Morgan fingerprint density at radius 1 is 1.28 bits per heavy atom. The topological polar surface area (TPSA) is 67.9 Å². The van der Waals surface area contributed by atoms with Crippen molar-refractivity contribution in [1.82, 2.24) is 10.2 Å². The molecule has 1 aromatic rings. The number of hydrogen-bond donors (Lipinski definition) is 1. The molecule has 2 aliphatic heterocycles. The molecule has 2 amide bonds. The van der Waals surface area contributed by atoms with Gasteiger partial charge in [0.05, 0.1) is 24.7 Å². The predicted molar refractivity (Wildman–Crippen MR) is 79.4 cm³/mol. The molecular formula is C16H17F3N2O4. The van der Waals surface area contributed by atoms with Crippen LogP contribution < -0.4 is 5.32 Å². The van der Waals surface area contributed by atoms with Crippen LogP contribution in [0.15, 0.2) is 30.3 Å². The highest BCUT2D eigenvalue weighted by Crippen LogP contribution is 2.38. The number of nitrogens with one attached hydrogen (secondary N) is 1. The van der Waals surface area contributed by atoms with Gasteiger partial charge in [0.2, 0.25) is 0 Å². The van der Waals surface area contributed by atoms with Crippen LogP contribution in [0.25, 0.3) is 0 Å². The van der Waals surface area contributed by atoms with Gasteiger partial charge < -0.3 is 19.7 Å². The summed E-state index contributed by atoms with van der Waals surface area (Å²) in [5.74, 6) is -2.01. The molecule has 0 saturated carbocycles. The number of hydrogen-bond acceptors (Lipinski definition) is 4. The van der Waals surface area contributed by atoms with Crippen LogP contribution in [0.2, 0.25) is 0 Å². The van der Waals surface area contributed by atoms with E-state index in [9.17, 15) is 22.8 Å². The number of alkyl halides is 3. The number of benzene rings is 1. The minimum absolute atomic E-state index is 0.0429. The van der Waals surface area contributed by atoms with E-state index in [-0.39, 0.29) is 32.9 Å². The van der Waals surface area contributed by atoms with Gasteiger partial charge in [0, 0.05) is 13.1 Å². The molecule has 1 spiro atoms. The van der Waals surface area contributed by atoms with Gasteiger partial charge in [0.1, 0.15) is 6.61 Å². The molecule has 1 aromatic carbocycles. The Morgan fingerprint density at radius 3 is 2.52 bits per heavy atom. The number of likely N-dealkylation sites (tertiary alicyclic amines) is 1. The van der Waals surface area contributed by atoms with Crippen LogP contribution in [0, 0.1) is 5.41 Å². The van der Waals surface area contributed by atoms with Gasteiger partial charge in [-0.2, -0.15) is 13.2 Å². The summed E-state index contributed by atoms with van der Waals surface area (Å²) >= 11 is 0. The minimum atomic E-state index is -4.97. The minimum Gasteiger partial charge on any atom is -0.445 e. The van der Waals surface area contributed by atoms with Gasteiger partial charge in [-0.1, -0.05) is 30.3 Å². The molecular weight excluding hydrogens is 341 g/mol. The van der Waals surface area contributed by atoms with Gasteiger partial charge in [-0.25, -0.2) is 4.79 Å². The maximum Gasteiger partial charge on any atom is 0.471 e. The monoisotopic (exact) mass is 358 g/mol. The molecule has 0 bridgehead atoms. The van der Waals surface area contributed by atoms with E-state index in [2.05, 4.69) is 0 Å². The van der Waals surface area contributed by atoms with Crippen LogP contribution in [-0.4, -0.2) is 55.4 Å². The van der Waals surface area contributed by atoms with Crippen molar-refractivity contribution in [2.24, 2.45) is 5.41 Å². The molecule has 3 rings (SSSR count). The molecule has 0 aliphatic carbocycles. The lowest BCUT2D eigenvalue weighted by molar-refractivity contribution is -0.178. The smallest absolute Gasteiger partial charge is 0.445 e. The average molecular weight is 358 g/mol. The first-order chi connectivity index (χ1) is 11.8. The summed E-state index contributed by atoms with van der Waals surface area (Å²) in [5.41, 5.74) is 0.116. The van der Waals surface area contributed by atoms with E-state index >= 15 is 0 Å². The molecule has 2 aliphatic rings. The lowest BCUT2D eigenvalue weighted by atomic mass is 9.81. The van der Waals surface area contributed by atoms with Crippen molar-refractivity contribution in [2.45, 2.75) is 18.8 Å². The number of carbonyl (C=O) groups is 2. The van der Waals surface area contributed by atoms with Crippen molar-refractivity contribution in [1.29, 1.82) is 0 Å². The van der Waals surface area contributed by atoms with Crippen LogP contribution in [0.1, 0.15) is 5.56 Å². The van der Waals surface area contributed by atoms with Crippen LogP contribution in [0.3, 0.4) is 0 Å². The molecule has 2 fully saturated rings. The van der Waals surface area contributed by atoms with Gasteiger partial charge in [0.15, 0.2) is 0 Å². The van der Waals surface area contributed by atoms with Crippen molar-refractivity contribution in [3.8, 4) is 0 Å². The Hall–Kier alpha value is -2.29. The Bertz CT molecular complexity index is 647. The van der Waals surface area contributed by atoms with Gasteiger partial charge in [0.25, 0.3) is 0 Å². The van der Waals surface area contributed by atoms with E-state index in [1.165, 1.54) is 4.90 Å². The molecule has 1 atom stereocenters. The zero-order valence-corrected chi connectivity index (χ0v) is 13.2. The molecule has 136 valence electrons. The quantitative estimate of drug-likeness (QED) is 0.893. The molecule has 0 unspecified atom stereocenters. The molecule has 6 nitrogen and oxygen atoms in total. The third-order valence-electron chi connectivity index (χ3n) is 4.45. The van der Waals surface area contributed by atoms with Gasteiger partial charge in [-0.3, -0.25) is 4.79 Å². The fourth-order valence-electron chi connectivity index (χ4n) is 3.01. The van der Waals surface area contributed by atoms with E-state index in [1.807, 2.05) is 23.5 Å². The summed E-state index contributed by atoms with van der Waals surface area (Å²) in [5, 5.41) is 1.98. The Labute approximate surface area is 141 Å². The number of carbonyl (C=O) groups excluding carboxylic acids is 2. The lowest BCUT2D eigenvalue weighted by Gasteiger charge is -2.42. The van der Waals surface area contributed by atoms with Gasteiger partial charge in [-0.15, -0.1) is 0 Å². The number of rotatable bonds is 3. The summed E-state index contributed by atoms with van der Waals surface area (Å²) in [4.78, 5) is 24.7. The molecule has 0 radical (unpaired) electrons. The zero-order valence-electron chi connectivity index (χ0n) is 13.2. The molecule has 25 heavy (non-hydrogen) atoms. The summed E-state index contributed by atoms with van der Waals surface area (Å²) < 4.78 is 47.8. The van der Waals surface area contributed by atoms with Gasteiger partial charge >= 0.3 is 18.2 Å². The Balaban J connectivity index is 1.60. The highest BCUT2D eigenvalue weighted by atomic mass is 19.4. The first-order valence-electron chi connectivity index (χ1n) is 7.71. The third-order valence-corrected chi connectivity index (χ3v) is 4.45. The standard InChI is InChI=1S/C16H17F3N2O4/c17-16(18,19)13(22)20-12-6-21(8-15(12)9-24-10-15)14(23)25-7-11-4-2-1-3-5-11/h1-5,12H,6-10H2,(H,20,22)/t12-/m0/s1. The molecule has 0 aromatic heterocycles. The highest BCUT2D eigenvalue weighted by Gasteiger charge is 2.55. The maximum absolute atomic E-state index is 12.5. The van der Waals surface area contributed by atoms with Crippen molar-refractivity contribution >= 4 is 12.0 Å². The molecule has 2 saturated heterocycles. The second-order valence-electron chi connectivity index (χ2n) is 6.30. The van der Waals surface area contributed by atoms with Crippen molar-refractivity contribution in [3.05, 3.63) is 35.9 Å². The summed E-state index contributed by atoms with van der Waals surface area (Å²) in [7, 11) is 0. The second kappa shape index (κ2) is 6.55. The SMILES string of the molecule is O=C(OCc1ccccc1)N1C[C@H](NC(=O)C(F)(F)F)C2(COC2)C1. The van der Waals surface area contributed by atoms with Crippen molar-refractivity contribution in [3.63, 3.8) is 0 Å². The van der Waals surface area contributed by atoms with Gasteiger partial charge in [-0.05, 0) is 5.56 Å². The number of nitrogens with zero attached hydrogens (tertiary/aromatic N) is 1. The first kappa shape index (κ1) is 17.5. The van der Waals surface area contributed by atoms with E-state index in [0.717, 1.165) is 5.56 Å². The number of amides is 2. The maximum atomic E-state index is 12.5. The van der Waals surface area contributed by atoms with Crippen LogP contribution in [0.5, 0.6) is 0 Å². The zero-order chi connectivity index (χ0) is 18.1. The second-order valence-corrected chi connectivity index (χ2v) is 6.30. The molecule has 2 heterocycles. The summed E-state index contributed by atoms with van der Waals surface area (Å²) in [6, 6.07) is 8.22. The van der Waals surface area contributed by atoms with Crippen LogP contribution in [0.4, 0.5) is 18.0 Å². The summed E-state index contributed by atoms with van der Waals surface area (Å²) in [6.45, 7) is 0.595. The number of halogens is 3. The van der Waals surface area contributed by atoms with Crippen LogP contribution in [-0.2, 0) is 20.9 Å². The molecule has 9 heteroatoms. The van der Waals surface area contributed by atoms with E-state index < -0.39 is 29.6 Å². The summed E-state index contributed by atoms with van der Waals surface area (Å²) in [6.07, 6.45) is -5.59. The van der Waals surface area contributed by atoms with E-state index in [0.29, 0.717) is 0 Å². The number of ether oxygens (including phenoxy) is 2. The van der Waals surface area contributed by atoms with E-state index in [1.54, 1.807) is 12.1 Å². The highest BCUT2D eigenvalue weighted by molar-refractivity contribution is 5.82. The largest absolute Gasteiger partial charge is 0.471 e. The third kappa shape index (κ3) is 3.71. The Morgan fingerprint density at radius 2 is 1.96 bits per heavy atom.